The molecule has 2 aromatic carbocycles. The second kappa shape index (κ2) is 8.04. The van der Waals surface area contributed by atoms with E-state index in [1.165, 1.54) is 25.0 Å². The molecule has 126 valence electrons. The van der Waals surface area contributed by atoms with Crippen molar-refractivity contribution in [3.8, 4) is 5.75 Å². The minimum absolute atomic E-state index is 0.186. The van der Waals surface area contributed by atoms with Gasteiger partial charge >= 0.3 is 0 Å². The van der Waals surface area contributed by atoms with Crippen molar-refractivity contribution < 1.29 is 14.3 Å². The van der Waals surface area contributed by atoms with E-state index in [4.69, 9.17) is 27.9 Å². The summed E-state index contributed by atoms with van der Waals surface area (Å²) >= 11 is 12.0. The summed E-state index contributed by atoms with van der Waals surface area (Å²) in [6.45, 7) is 1.18. The van der Waals surface area contributed by atoms with Crippen LogP contribution in [0.25, 0.3) is 0 Å². The SMILES string of the molecule is COc1ccccc1NC(=O)CN(C(C)=O)c1ccc(Cl)cc1Cl. The van der Waals surface area contributed by atoms with Crippen molar-refractivity contribution in [3.05, 3.63) is 52.5 Å². The quantitative estimate of drug-likeness (QED) is 0.869. The summed E-state index contributed by atoms with van der Waals surface area (Å²) in [5, 5.41) is 3.46. The van der Waals surface area contributed by atoms with Gasteiger partial charge in [0.15, 0.2) is 0 Å². The van der Waals surface area contributed by atoms with Crippen LogP contribution >= 0.6 is 23.2 Å². The second-order valence-electron chi connectivity index (χ2n) is 4.95. The summed E-state index contributed by atoms with van der Waals surface area (Å²) in [5.74, 6) is -0.153. The first-order valence-corrected chi connectivity index (χ1v) is 7.84. The lowest BCUT2D eigenvalue weighted by molar-refractivity contribution is -0.120. The molecule has 2 aromatic rings. The van der Waals surface area contributed by atoms with Crippen LogP contribution in [0.2, 0.25) is 10.0 Å². The standard InChI is InChI=1S/C17H16Cl2N2O3/c1-11(22)21(15-8-7-12(18)9-13(15)19)10-17(23)20-14-5-3-4-6-16(14)24-2/h3-9H,10H2,1-2H3,(H,20,23). The summed E-state index contributed by atoms with van der Waals surface area (Å²) in [6.07, 6.45) is 0. The highest BCUT2D eigenvalue weighted by Gasteiger charge is 2.19. The molecule has 0 aliphatic rings. The van der Waals surface area contributed by atoms with Crippen molar-refractivity contribution in [2.24, 2.45) is 0 Å². The van der Waals surface area contributed by atoms with Gasteiger partial charge in [-0.15, -0.1) is 0 Å². The molecule has 0 saturated heterocycles. The molecule has 0 saturated carbocycles. The predicted molar refractivity (Wildman–Crippen MR) is 96.1 cm³/mol. The maximum atomic E-state index is 12.3. The largest absolute Gasteiger partial charge is 0.495 e. The molecule has 0 aliphatic carbocycles. The predicted octanol–water partition coefficient (Wildman–Crippen LogP) is 3.99. The number of anilines is 2. The molecule has 0 aromatic heterocycles. The highest BCUT2D eigenvalue weighted by Crippen LogP contribution is 2.29. The minimum atomic E-state index is -0.374. The minimum Gasteiger partial charge on any atom is -0.495 e. The Morgan fingerprint density at radius 3 is 2.50 bits per heavy atom. The zero-order chi connectivity index (χ0) is 17.7. The monoisotopic (exact) mass is 366 g/mol. The number of ether oxygens (including phenoxy) is 1. The Morgan fingerprint density at radius 2 is 1.88 bits per heavy atom. The van der Waals surface area contributed by atoms with Crippen molar-refractivity contribution >= 4 is 46.4 Å². The van der Waals surface area contributed by atoms with Gasteiger partial charge in [-0.3, -0.25) is 9.59 Å². The van der Waals surface area contributed by atoms with Crippen molar-refractivity contribution in [1.29, 1.82) is 0 Å². The van der Waals surface area contributed by atoms with Crippen LogP contribution in [0.15, 0.2) is 42.5 Å². The lowest BCUT2D eigenvalue weighted by Gasteiger charge is -2.22. The van der Waals surface area contributed by atoms with Crippen molar-refractivity contribution in [2.45, 2.75) is 6.92 Å². The number of carbonyl (C=O) groups excluding carboxylic acids is 2. The number of benzene rings is 2. The first kappa shape index (κ1) is 18.1. The topological polar surface area (TPSA) is 58.6 Å². The first-order valence-electron chi connectivity index (χ1n) is 7.08. The zero-order valence-corrected chi connectivity index (χ0v) is 14.7. The Kier molecular flexibility index (Phi) is 6.06. The van der Waals surface area contributed by atoms with E-state index in [9.17, 15) is 9.59 Å². The highest BCUT2D eigenvalue weighted by atomic mass is 35.5. The number of hydrogen-bond donors (Lipinski definition) is 1. The van der Waals surface area contributed by atoms with Crippen molar-refractivity contribution in [2.75, 3.05) is 23.9 Å². The van der Waals surface area contributed by atoms with Crippen LogP contribution in [0.1, 0.15) is 6.92 Å². The number of hydrogen-bond acceptors (Lipinski definition) is 3. The molecule has 5 nitrogen and oxygen atoms in total. The maximum Gasteiger partial charge on any atom is 0.244 e. The molecule has 0 heterocycles. The molecule has 0 aliphatic heterocycles. The second-order valence-corrected chi connectivity index (χ2v) is 5.79. The van der Waals surface area contributed by atoms with E-state index in [-0.39, 0.29) is 18.4 Å². The van der Waals surface area contributed by atoms with Gasteiger partial charge in [-0.05, 0) is 30.3 Å². The lowest BCUT2D eigenvalue weighted by Crippen LogP contribution is -2.36. The summed E-state index contributed by atoms with van der Waals surface area (Å²) < 4.78 is 5.18. The zero-order valence-electron chi connectivity index (χ0n) is 13.2. The highest BCUT2D eigenvalue weighted by molar-refractivity contribution is 6.36. The van der Waals surface area contributed by atoms with Gasteiger partial charge in [-0.1, -0.05) is 35.3 Å². The van der Waals surface area contributed by atoms with E-state index in [0.717, 1.165) is 0 Å². The van der Waals surface area contributed by atoms with Gasteiger partial charge in [0, 0.05) is 11.9 Å². The summed E-state index contributed by atoms with van der Waals surface area (Å²) in [7, 11) is 1.51. The number of rotatable bonds is 5. The summed E-state index contributed by atoms with van der Waals surface area (Å²) in [6, 6.07) is 11.7. The number of halogens is 2. The normalized spacial score (nSPS) is 10.2. The van der Waals surface area contributed by atoms with Gasteiger partial charge < -0.3 is 15.0 Å². The molecular weight excluding hydrogens is 351 g/mol. The third-order valence-electron chi connectivity index (χ3n) is 3.26. The molecule has 0 bridgehead atoms. The fourth-order valence-corrected chi connectivity index (χ4v) is 2.66. The molecule has 0 unspecified atom stereocenters. The number of carbonyl (C=O) groups is 2. The molecule has 0 spiro atoms. The Balaban J connectivity index is 2.19. The summed E-state index contributed by atoms with van der Waals surface area (Å²) in [4.78, 5) is 25.5. The van der Waals surface area contributed by atoms with Gasteiger partial charge in [0.05, 0.1) is 23.5 Å². The van der Waals surface area contributed by atoms with Gasteiger partial charge in [0.25, 0.3) is 0 Å². The van der Waals surface area contributed by atoms with Crippen LogP contribution in [-0.4, -0.2) is 25.5 Å². The van der Waals surface area contributed by atoms with Crippen LogP contribution in [0.4, 0.5) is 11.4 Å². The van der Waals surface area contributed by atoms with E-state index in [2.05, 4.69) is 5.32 Å². The molecule has 0 fully saturated rings. The number of para-hydroxylation sites is 2. The van der Waals surface area contributed by atoms with Gasteiger partial charge in [0.1, 0.15) is 12.3 Å². The Bertz CT molecular complexity index is 765. The molecule has 24 heavy (non-hydrogen) atoms. The lowest BCUT2D eigenvalue weighted by atomic mass is 10.2. The number of nitrogens with one attached hydrogen (secondary N) is 1. The van der Waals surface area contributed by atoms with Gasteiger partial charge in [0.2, 0.25) is 11.8 Å². The first-order chi connectivity index (χ1) is 11.4. The molecule has 7 heteroatoms. The fraction of sp³-hybridized carbons (Fsp3) is 0.176. The summed E-state index contributed by atoms with van der Waals surface area (Å²) in [5.41, 5.74) is 0.944. The van der Waals surface area contributed by atoms with Gasteiger partial charge in [-0.25, -0.2) is 0 Å². The van der Waals surface area contributed by atoms with E-state index in [1.54, 1.807) is 36.4 Å². The molecule has 2 rings (SSSR count). The van der Waals surface area contributed by atoms with Gasteiger partial charge in [-0.2, -0.15) is 0 Å². The Morgan fingerprint density at radius 1 is 1.17 bits per heavy atom. The average molecular weight is 367 g/mol. The van der Waals surface area contributed by atoms with E-state index >= 15 is 0 Å². The third kappa shape index (κ3) is 4.40. The molecule has 1 N–H and O–H groups in total. The van der Waals surface area contributed by atoms with E-state index in [0.29, 0.717) is 27.2 Å². The van der Waals surface area contributed by atoms with Crippen LogP contribution < -0.4 is 15.0 Å². The smallest absolute Gasteiger partial charge is 0.244 e. The molecule has 0 radical (unpaired) electrons. The Hall–Kier alpha value is -2.24. The van der Waals surface area contributed by atoms with E-state index < -0.39 is 0 Å². The number of methoxy groups -OCH3 is 1. The molecule has 2 amide bonds. The number of nitrogens with zero attached hydrogens (tertiary/aromatic N) is 1. The van der Waals surface area contributed by atoms with E-state index in [1.807, 2.05) is 0 Å². The van der Waals surface area contributed by atoms with Crippen LogP contribution in [-0.2, 0) is 9.59 Å². The third-order valence-corrected chi connectivity index (χ3v) is 3.80. The number of amides is 2. The Labute approximate surface area is 150 Å². The molecular formula is C17H16Cl2N2O3. The van der Waals surface area contributed by atoms with Crippen LogP contribution in [0.5, 0.6) is 5.75 Å². The van der Waals surface area contributed by atoms with Crippen molar-refractivity contribution in [1.82, 2.24) is 0 Å². The molecule has 0 atom stereocenters. The fourth-order valence-electron chi connectivity index (χ4n) is 2.15. The van der Waals surface area contributed by atoms with Crippen molar-refractivity contribution in [3.63, 3.8) is 0 Å². The van der Waals surface area contributed by atoms with Crippen LogP contribution in [0, 0.1) is 0 Å². The van der Waals surface area contributed by atoms with Crippen LogP contribution in [0.3, 0.4) is 0 Å². The average Bonchev–Trinajstić information content (AvgIpc) is 2.53. The maximum absolute atomic E-state index is 12.3.